The number of imidazole rings is 1. The molecule has 0 amide bonds. The molecule has 3 heterocycles. The number of hydrogen-bond donors (Lipinski definition) is 0. The number of nitrogens with zero attached hydrogens (tertiary/aromatic N) is 4. The maximum atomic E-state index is 8.18. The summed E-state index contributed by atoms with van der Waals surface area (Å²) in [7, 11) is 0. The Labute approximate surface area is 309 Å². The van der Waals surface area contributed by atoms with Crippen LogP contribution in [0.15, 0.2) is 91.4 Å². The summed E-state index contributed by atoms with van der Waals surface area (Å²) in [6.45, 7) is 17.3. The molecule has 6 heteroatoms. The van der Waals surface area contributed by atoms with Crippen LogP contribution in [-0.4, -0.2) is 18.7 Å². The molecule has 7 aromatic rings. The summed E-state index contributed by atoms with van der Waals surface area (Å²) >= 11 is 0. The molecule has 0 saturated heterocycles. The van der Waals surface area contributed by atoms with Crippen molar-refractivity contribution >= 4 is 32.8 Å². The van der Waals surface area contributed by atoms with Crippen LogP contribution < -0.4 is 4.74 Å². The minimum absolute atomic E-state index is 0. The van der Waals surface area contributed by atoms with Crippen molar-refractivity contribution in [2.75, 3.05) is 0 Å². The standard InChI is InChI=1S/C43H45N4O.Pt/c1-41(2,3)28-21-22-44-40(23-28)47-34-16-12-11-15-30(34)31-25-33(43(7,8)9)39(26-37(31)47)48-38-24-29(19-20-32(38)42(4,5)6)46-27-45(10)35-17-13-14-18-36(35)46;/h11-23,25,27H,1-10H3;/q-1;/i10D3;. The van der Waals surface area contributed by atoms with E-state index in [1.165, 1.54) is 10.1 Å². The Hall–Kier alpha value is -4.21. The number of ether oxygens (including phenoxy) is 1. The third kappa shape index (κ3) is 6.23. The van der Waals surface area contributed by atoms with Crippen LogP contribution in [0.1, 0.15) is 83.1 Å². The van der Waals surface area contributed by atoms with Gasteiger partial charge >= 0.3 is 0 Å². The Morgan fingerprint density at radius 2 is 1.35 bits per heavy atom. The molecule has 0 bridgehead atoms. The number of hydrogen-bond acceptors (Lipinski definition) is 2. The van der Waals surface area contributed by atoms with E-state index in [9.17, 15) is 0 Å². The maximum Gasteiger partial charge on any atom is 0.188 e. The first-order valence-corrected chi connectivity index (χ1v) is 16.6. The second-order valence-electron chi connectivity index (χ2n) is 15.8. The molecule has 3 aromatic heterocycles. The minimum Gasteiger partial charge on any atom is -0.508 e. The third-order valence-corrected chi connectivity index (χ3v) is 9.13. The molecule has 0 saturated carbocycles. The van der Waals surface area contributed by atoms with Crippen LogP contribution >= 0.6 is 0 Å². The van der Waals surface area contributed by atoms with Crippen molar-refractivity contribution in [1.82, 2.24) is 18.7 Å². The van der Waals surface area contributed by atoms with Crippen molar-refractivity contribution in [1.29, 1.82) is 0 Å². The molecule has 0 aliphatic heterocycles. The van der Waals surface area contributed by atoms with Gasteiger partial charge in [0.2, 0.25) is 0 Å². The zero-order valence-electron chi connectivity index (χ0n) is 32.7. The van der Waals surface area contributed by atoms with Crippen molar-refractivity contribution in [2.45, 2.75) is 78.6 Å². The second-order valence-corrected chi connectivity index (χ2v) is 15.8. The molecule has 0 radical (unpaired) electrons. The number of aryl methyl sites for hydroxylation is 1. The van der Waals surface area contributed by atoms with Crippen LogP contribution in [0.5, 0.6) is 11.5 Å². The number of rotatable bonds is 4. The number of benzene rings is 4. The summed E-state index contributed by atoms with van der Waals surface area (Å²) in [5.74, 6) is 2.00. The largest absolute Gasteiger partial charge is 0.508 e. The first-order valence-electron chi connectivity index (χ1n) is 18.1. The van der Waals surface area contributed by atoms with Crippen LogP contribution in [0, 0.1) is 12.1 Å². The zero-order valence-corrected chi connectivity index (χ0v) is 31.9. The van der Waals surface area contributed by atoms with E-state index >= 15 is 0 Å². The van der Waals surface area contributed by atoms with E-state index in [1.807, 2.05) is 41.1 Å². The third-order valence-electron chi connectivity index (χ3n) is 9.13. The van der Waals surface area contributed by atoms with E-state index in [0.717, 1.165) is 44.3 Å². The molecule has 4 aromatic carbocycles. The maximum absolute atomic E-state index is 8.18. The van der Waals surface area contributed by atoms with Crippen LogP contribution in [0.4, 0.5) is 0 Å². The predicted molar refractivity (Wildman–Crippen MR) is 199 cm³/mol. The van der Waals surface area contributed by atoms with Crippen LogP contribution in [-0.2, 0) is 44.3 Å². The number of para-hydroxylation sites is 3. The van der Waals surface area contributed by atoms with E-state index in [2.05, 4.69) is 128 Å². The van der Waals surface area contributed by atoms with Gasteiger partial charge in [0.1, 0.15) is 5.82 Å². The fourth-order valence-corrected chi connectivity index (χ4v) is 6.48. The fourth-order valence-electron chi connectivity index (χ4n) is 6.48. The summed E-state index contributed by atoms with van der Waals surface area (Å²) in [6.07, 6.45) is 3.51. The van der Waals surface area contributed by atoms with Gasteiger partial charge in [0.05, 0.1) is 0 Å². The smallest absolute Gasteiger partial charge is 0.188 e. The monoisotopic (exact) mass is 831 g/mol. The van der Waals surface area contributed by atoms with E-state index < -0.39 is 6.98 Å². The molecule has 254 valence electrons. The number of pyridine rings is 1. The van der Waals surface area contributed by atoms with E-state index in [1.54, 1.807) is 6.33 Å². The van der Waals surface area contributed by atoms with E-state index in [4.69, 9.17) is 13.8 Å². The van der Waals surface area contributed by atoms with E-state index in [-0.39, 0.29) is 37.3 Å². The number of aromatic nitrogens is 4. The molecule has 0 unspecified atom stereocenters. The topological polar surface area (TPSA) is 36.9 Å². The predicted octanol–water partition coefficient (Wildman–Crippen LogP) is 11.0. The van der Waals surface area contributed by atoms with Crippen LogP contribution in [0.3, 0.4) is 0 Å². The fraction of sp³-hybridized carbons (Fsp3) is 0.302. The molecule has 49 heavy (non-hydrogen) atoms. The summed E-state index contributed by atoms with van der Waals surface area (Å²) in [4.78, 5) is 4.87. The van der Waals surface area contributed by atoms with Crippen molar-refractivity contribution in [2.24, 2.45) is 6.98 Å². The molecule has 5 nitrogen and oxygen atoms in total. The van der Waals surface area contributed by atoms with Crippen LogP contribution in [0.25, 0.3) is 44.3 Å². The average molecular weight is 832 g/mol. The summed E-state index contributed by atoms with van der Waals surface area (Å²) < 4.78 is 37.0. The Balaban J connectivity index is 0.00000464. The van der Waals surface area contributed by atoms with Gasteiger partial charge in [0.15, 0.2) is 17.4 Å². The zero-order chi connectivity index (χ0) is 36.7. The molecule has 0 N–H and O–H groups in total. The van der Waals surface area contributed by atoms with Gasteiger partial charge in [-0.2, -0.15) is 12.1 Å². The Bertz CT molecular complexity index is 2450. The first-order chi connectivity index (χ1) is 23.8. The quantitative estimate of drug-likeness (QED) is 0.166. The summed E-state index contributed by atoms with van der Waals surface area (Å²) in [6, 6.07) is 33.8. The molecule has 0 atom stereocenters. The van der Waals surface area contributed by atoms with Gasteiger partial charge in [0, 0.05) is 73.2 Å². The van der Waals surface area contributed by atoms with Crippen molar-refractivity contribution < 1.29 is 29.9 Å². The van der Waals surface area contributed by atoms with E-state index in [0.29, 0.717) is 22.7 Å². The normalized spacial score (nSPS) is 13.7. The SMILES string of the molecule is [2H]C([2H])([2H])n1[cH+]n(-c2[c-]c(Oc3[c-]c4c(cc3C(C)(C)C)c3ccccc3n4-c3cc(C(C)(C)C)ccn3)c(C(C)(C)C)cc2)c2ccccc21.[Pt]. The van der Waals surface area contributed by atoms with Crippen molar-refractivity contribution in [3.05, 3.63) is 120 Å². The van der Waals surface area contributed by atoms with Gasteiger partial charge in [-0.15, -0.1) is 28.6 Å². The van der Waals surface area contributed by atoms with Crippen molar-refractivity contribution in [3.8, 4) is 23.0 Å². The second kappa shape index (κ2) is 12.3. The van der Waals surface area contributed by atoms with Gasteiger partial charge < -0.3 is 9.30 Å². The molecule has 0 fully saturated rings. The van der Waals surface area contributed by atoms with Gasteiger partial charge in [-0.1, -0.05) is 103 Å². The summed E-state index contributed by atoms with van der Waals surface area (Å²) in [5, 5.41) is 2.20. The molecule has 0 aliphatic rings. The van der Waals surface area contributed by atoms with Crippen molar-refractivity contribution in [3.63, 3.8) is 0 Å². The minimum atomic E-state index is -2.35. The molecular formula is C43H45N4OPt-. The van der Waals surface area contributed by atoms with Gasteiger partial charge in [-0.25, -0.2) is 14.1 Å². The Morgan fingerprint density at radius 1 is 0.694 bits per heavy atom. The van der Waals surface area contributed by atoms with Gasteiger partial charge in [0.25, 0.3) is 0 Å². The first kappa shape index (κ1) is 30.8. The molecular weight excluding hydrogens is 784 g/mol. The molecule has 0 spiro atoms. The van der Waals surface area contributed by atoms with Gasteiger partial charge in [-0.3, -0.25) is 0 Å². The van der Waals surface area contributed by atoms with Gasteiger partial charge in [-0.05, 0) is 46.7 Å². The Morgan fingerprint density at radius 3 is 2.02 bits per heavy atom. The van der Waals surface area contributed by atoms with Crippen LogP contribution in [0.2, 0.25) is 0 Å². The molecule has 7 rings (SSSR count). The Kier molecular flexibility index (Phi) is 7.73. The number of fused-ring (bicyclic) bond motifs is 4. The summed E-state index contributed by atoms with van der Waals surface area (Å²) in [5.41, 5.74) is 6.54. The average Bonchev–Trinajstić information content (AvgIpc) is 3.59. The molecule has 0 aliphatic carbocycles.